The van der Waals surface area contributed by atoms with Crippen molar-refractivity contribution in [2.24, 2.45) is 17.3 Å². The molecule has 0 aromatic carbocycles. The van der Waals surface area contributed by atoms with Crippen LogP contribution in [0.2, 0.25) is 0 Å². The van der Waals surface area contributed by atoms with Crippen LogP contribution < -0.4 is 0 Å². The minimum atomic E-state index is -0.442. The summed E-state index contributed by atoms with van der Waals surface area (Å²) >= 11 is 0. The quantitative estimate of drug-likeness (QED) is 0.703. The molecule has 15 heavy (non-hydrogen) atoms. The van der Waals surface area contributed by atoms with E-state index in [0.717, 1.165) is 30.1 Å². The molecule has 3 rings (SSSR count). The van der Waals surface area contributed by atoms with Crippen molar-refractivity contribution in [2.45, 2.75) is 57.5 Å². The highest BCUT2D eigenvalue weighted by molar-refractivity contribution is 5.17. The zero-order valence-electron chi connectivity index (χ0n) is 9.71. The molecule has 3 aliphatic carbocycles. The van der Waals surface area contributed by atoms with Crippen LogP contribution in [0.15, 0.2) is 12.2 Å². The predicted octanol–water partition coefficient (Wildman–Crippen LogP) is 3.28. The second-order valence-corrected chi connectivity index (χ2v) is 6.14. The average molecular weight is 206 g/mol. The summed E-state index contributed by atoms with van der Waals surface area (Å²) < 4.78 is 0. The first-order chi connectivity index (χ1) is 7.16. The highest BCUT2D eigenvalue weighted by Crippen LogP contribution is 2.72. The largest absolute Gasteiger partial charge is 0.386 e. The van der Waals surface area contributed by atoms with Gasteiger partial charge in [0.2, 0.25) is 0 Å². The summed E-state index contributed by atoms with van der Waals surface area (Å²) in [6.45, 7) is 2.24. The SMILES string of the molecule is CCC1C=CC(O)(CC2CC23CC3)CC1. The van der Waals surface area contributed by atoms with Gasteiger partial charge in [-0.3, -0.25) is 0 Å². The topological polar surface area (TPSA) is 20.2 Å². The Morgan fingerprint density at radius 3 is 2.60 bits per heavy atom. The monoisotopic (exact) mass is 206 g/mol. The van der Waals surface area contributed by atoms with Crippen LogP contribution >= 0.6 is 0 Å². The zero-order valence-corrected chi connectivity index (χ0v) is 9.71. The van der Waals surface area contributed by atoms with Gasteiger partial charge in [0.25, 0.3) is 0 Å². The van der Waals surface area contributed by atoms with Gasteiger partial charge in [0.05, 0.1) is 5.60 Å². The fourth-order valence-electron chi connectivity index (χ4n) is 3.36. The second-order valence-electron chi connectivity index (χ2n) is 6.14. The molecule has 1 N–H and O–H groups in total. The van der Waals surface area contributed by atoms with Gasteiger partial charge in [-0.25, -0.2) is 0 Å². The summed E-state index contributed by atoms with van der Waals surface area (Å²) in [5, 5.41) is 10.5. The third-order valence-electron chi connectivity index (χ3n) is 5.00. The molecule has 1 nitrogen and oxygen atoms in total. The van der Waals surface area contributed by atoms with Gasteiger partial charge in [0.15, 0.2) is 0 Å². The van der Waals surface area contributed by atoms with Crippen molar-refractivity contribution in [3.05, 3.63) is 12.2 Å². The Morgan fingerprint density at radius 1 is 1.33 bits per heavy atom. The Labute approximate surface area is 92.6 Å². The van der Waals surface area contributed by atoms with E-state index in [0.29, 0.717) is 0 Å². The number of allylic oxidation sites excluding steroid dienone is 1. The summed E-state index contributed by atoms with van der Waals surface area (Å²) in [4.78, 5) is 0. The van der Waals surface area contributed by atoms with Crippen molar-refractivity contribution < 1.29 is 5.11 Å². The predicted molar refractivity (Wildman–Crippen MR) is 61.5 cm³/mol. The molecular weight excluding hydrogens is 184 g/mol. The van der Waals surface area contributed by atoms with E-state index in [2.05, 4.69) is 19.1 Å². The fraction of sp³-hybridized carbons (Fsp3) is 0.857. The summed E-state index contributed by atoms with van der Waals surface area (Å²) in [6.07, 6.45) is 13.1. The molecule has 0 aliphatic heterocycles. The summed E-state index contributed by atoms with van der Waals surface area (Å²) in [5.41, 5.74) is 0.299. The molecule has 1 spiro atoms. The van der Waals surface area contributed by atoms with Crippen LogP contribution in [0, 0.1) is 17.3 Å². The van der Waals surface area contributed by atoms with Crippen molar-refractivity contribution in [3.8, 4) is 0 Å². The minimum Gasteiger partial charge on any atom is -0.386 e. The van der Waals surface area contributed by atoms with Gasteiger partial charge in [-0.05, 0) is 62.2 Å². The molecular formula is C14H22O. The van der Waals surface area contributed by atoms with Crippen molar-refractivity contribution in [1.29, 1.82) is 0 Å². The molecule has 84 valence electrons. The Balaban J connectivity index is 1.60. The number of aliphatic hydroxyl groups is 1. The number of hydrogen-bond acceptors (Lipinski definition) is 1. The maximum absolute atomic E-state index is 10.5. The lowest BCUT2D eigenvalue weighted by molar-refractivity contribution is 0.0520. The maximum Gasteiger partial charge on any atom is 0.0830 e. The lowest BCUT2D eigenvalue weighted by atomic mass is 9.81. The van der Waals surface area contributed by atoms with E-state index < -0.39 is 5.60 Å². The van der Waals surface area contributed by atoms with Crippen molar-refractivity contribution in [3.63, 3.8) is 0 Å². The average Bonchev–Trinajstić information content (AvgIpc) is 3.11. The van der Waals surface area contributed by atoms with E-state index >= 15 is 0 Å². The van der Waals surface area contributed by atoms with Crippen LogP contribution in [0.25, 0.3) is 0 Å². The van der Waals surface area contributed by atoms with Crippen LogP contribution in [-0.2, 0) is 0 Å². The Kier molecular flexibility index (Phi) is 2.04. The normalized spacial score (nSPS) is 45.7. The van der Waals surface area contributed by atoms with Gasteiger partial charge < -0.3 is 5.11 Å². The van der Waals surface area contributed by atoms with E-state index in [1.807, 2.05) is 0 Å². The van der Waals surface area contributed by atoms with Gasteiger partial charge in [-0.15, -0.1) is 0 Å². The molecule has 0 aromatic rings. The van der Waals surface area contributed by atoms with Gasteiger partial charge >= 0.3 is 0 Å². The molecule has 0 bridgehead atoms. The molecule has 3 unspecified atom stereocenters. The van der Waals surface area contributed by atoms with Crippen LogP contribution in [-0.4, -0.2) is 10.7 Å². The van der Waals surface area contributed by atoms with Gasteiger partial charge in [0, 0.05) is 0 Å². The van der Waals surface area contributed by atoms with E-state index in [1.165, 1.54) is 32.1 Å². The third kappa shape index (κ3) is 1.75. The first-order valence-electron chi connectivity index (χ1n) is 6.58. The molecule has 3 aliphatic rings. The van der Waals surface area contributed by atoms with Crippen molar-refractivity contribution >= 4 is 0 Å². The van der Waals surface area contributed by atoms with Gasteiger partial charge in [-0.1, -0.05) is 19.1 Å². The fourth-order valence-corrected chi connectivity index (χ4v) is 3.36. The molecule has 0 saturated heterocycles. The van der Waals surface area contributed by atoms with Crippen molar-refractivity contribution in [1.82, 2.24) is 0 Å². The van der Waals surface area contributed by atoms with E-state index in [1.54, 1.807) is 0 Å². The lowest BCUT2D eigenvalue weighted by Gasteiger charge is -2.31. The van der Waals surface area contributed by atoms with Crippen LogP contribution in [0.5, 0.6) is 0 Å². The molecule has 0 aromatic heterocycles. The number of hydrogen-bond donors (Lipinski definition) is 1. The Bertz CT molecular complexity index is 290. The van der Waals surface area contributed by atoms with Gasteiger partial charge in [-0.2, -0.15) is 0 Å². The molecule has 0 radical (unpaired) electrons. The summed E-state index contributed by atoms with van der Waals surface area (Å²) in [5.74, 6) is 1.57. The molecule has 3 atom stereocenters. The highest BCUT2D eigenvalue weighted by Gasteiger charge is 2.63. The Hall–Kier alpha value is -0.300. The van der Waals surface area contributed by atoms with E-state index in [9.17, 15) is 5.11 Å². The second kappa shape index (κ2) is 3.10. The third-order valence-corrected chi connectivity index (χ3v) is 5.00. The minimum absolute atomic E-state index is 0.442. The molecule has 1 heteroatoms. The van der Waals surface area contributed by atoms with Crippen molar-refractivity contribution in [2.75, 3.05) is 0 Å². The van der Waals surface area contributed by atoms with Crippen LogP contribution in [0.4, 0.5) is 0 Å². The summed E-state index contributed by atoms with van der Waals surface area (Å²) in [6, 6.07) is 0. The van der Waals surface area contributed by atoms with Crippen LogP contribution in [0.3, 0.4) is 0 Å². The molecule has 0 heterocycles. The lowest BCUT2D eigenvalue weighted by Crippen LogP contribution is -2.30. The molecule has 2 fully saturated rings. The first-order valence-corrected chi connectivity index (χ1v) is 6.58. The molecule has 2 saturated carbocycles. The standard InChI is InChI=1S/C14H22O/c1-2-11-3-5-14(15,6-4-11)10-12-9-13(12)7-8-13/h3,5,11-12,15H,2,4,6-10H2,1H3. The Morgan fingerprint density at radius 2 is 2.13 bits per heavy atom. The zero-order chi connectivity index (χ0) is 10.5. The summed E-state index contributed by atoms with van der Waals surface area (Å²) in [7, 11) is 0. The van der Waals surface area contributed by atoms with Crippen LogP contribution in [0.1, 0.15) is 51.9 Å². The smallest absolute Gasteiger partial charge is 0.0830 e. The highest BCUT2D eigenvalue weighted by atomic mass is 16.3. The van der Waals surface area contributed by atoms with E-state index in [4.69, 9.17) is 0 Å². The van der Waals surface area contributed by atoms with Gasteiger partial charge in [0.1, 0.15) is 0 Å². The molecule has 0 amide bonds. The van der Waals surface area contributed by atoms with E-state index in [-0.39, 0.29) is 0 Å². The maximum atomic E-state index is 10.5. The number of rotatable bonds is 3. The first kappa shape index (κ1) is 9.89.